The minimum absolute atomic E-state index is 0.245. The van der Waals surface area contributed by atoms with Crippen LogP contribution in [0.25, 0.3) is 0 Å². The van der Waals surface area contributed by atoms with E-state index in [0.717, 1.165) is 5.56 Å². The maximum Gasteiger partial charge on any atom is 0.410 e. The van der Waals surface area contributed by atoms with Gasteiger partial charge in [-0.05, 0) is 37.1 Å². The smallest absolute Gasteiger partial charge is 0.410 e. The molecule has 1 fully saturated rings. The third-order valence-electron chi connectivity index (χ3n) is 2.93. The molecule has 0 spiro atoms. The summed E-state index contributed by atoms with van der Waals surface area (Å²) in [6, 6.07) is 4.79. The maximum absolute atomic E-state index is 13.1. The molecule has 1 aliphatic heterocycles. The van der Waals surface area contributed by atoms with Gasteiger partial charge in [0, 0.05) is 7.05 Å². The number of amides is 1. The molecule has 1 heterocycles. The Morgan fingerprint density at radius 2 is 2.19 bits per heavy atom. The predicted octanol–water partition coefficient (Wildman–Crippen LogP) is 2.43. The van der Waals surface area contributed by atoms with Crippen molar-refractivity contribution in [2.45, 2.75) is 19.4 Å². The number of hydrogen-bond acceptors (Lipinski definition) is 2. The molecule has 3 nitrogen and oxygen atoms in total. The van der Waals surface area contributed by atoms with Crippen LogP contribution in [0.15, 0.2) is 18.2 Å². The highest BCUT2D eigenvalue weighted by Crippen LogP contribution is 2.32. The molecule has 1 aromatic carbocycles. The van der Waals surface area contributed by atoms with Gasteiger partial charge in [-0.3, -0.25) is 0 Å². The van der Waals surface area contributed by atoms with Gasteiger partial charge in [0.25, 0.3) is 0 Å². The van der Waals surface area contributed by atoms with Crippen molar-refractivity contribution in [3.05, 3.63) is 35.1 Å². The first-order valence-electron chi connectivity index (χ1n) is 5.13. The van der Waals surface area contributed by atoms with Crippen LogP contribution in [0.5, 0.6) is 0 Å². The van der Waals surface area contributed by atoms with Crippen LogP contribution in [-0.2, 0) is 10.3 Å². The van der Waals surface area contributed by atoms with E-state index in [1.165, 1.54) is 11.0 Å². The van der Waals surface area contributed by atoms with Gasteiger partial charge in [-0.2, -0.15) is 0 Å². The van der Waals surface area contributed by atoms with Crippen LogP contribution in [0, 0.1) is 12.7 Å². The van der Waals surface area contributed by atoms with Crippen molar-refractivity contribution in [3.63, 3.8) is 0 Å². The van der Waals surface area contributed by atoms with Gasteiger partial charge in [-0.25, -0.2) is 9.18 Å². The van der Waals surface area contributed by atoms with E-state index in [-0.39, 0.29) is 11.9 Å². The summed E-state index contributed by atoms with van der Waals surface area (Å²) < 4.78 is 18.5. The average molecular weight is 223 g/mol. The molecule has 16 heavy (non-hydrogen) atoms. The van der Waals surface area contributed by atoms with Crippen LogP contribution in [-0.4, -0.2) is 24.6 Å². The first kappa shape index (κ1) is 10.9. The molecule has 0 bridgehead atoms. The van der Waals surface area contributed by atoms with E-state index in [1.54, 1.807) is 26.1 Å². The van der Waals surface area contributed by atoms with E-state index in [4.69, 9.17) is 4.74 Å². The highest BCUT2D eigenvalue weighted by molar-refractivity contribution is 5.70. The van der Waals surface area contributed by atoms with Gasteiger partial charge in [0.1, 0.15) is 5.82 Å². The van der Waals surface area contributed by atoms with Crippen molar-refractivity contribution in [2.24, 2.45) is 0 Å². The molecule has 2 rings (SSSR count). The number of rotatable bonds is 1. The second-order valence-corrected chi connectivity index (χ2v) is 4.42. The number of ether oxygens (including phenoxy) is 1. The van der Waals surface area contributed by atoms with E-state index in [9.17, 15) is 9.18 Å². The van der Waals surface area contributed by atoms with Crippen molar-refractivity contribution in [3.8, 4) is 0 Å². The lowest BCUT2D eigenvalue weighted by molar-refractivity contribution is 0.0700. The quantitative estimate of drug-likeness (QED) is 0.731. The summed E-state index contributed by atoms with van der Waals surface area (Å²) in [5.74, 6) is -0.245. The topological polar surface area (TPSA) is 29.5 Å². The van der Waals surface area contributed by atoms with Crippen LogP contribution < -0.4 is 0 Å². The Kier molecular flexibility index (Phi) is 2.37. The fourth-order valence-corrected chi connectivity index (χ4v) is 1.94. The van der Waals surface area contributed by atoms with Crippen molar-refractivity contribution in [2.75, 3.05) is 13.6 Å². The number of halogens is 1. The molecule has 1 aliphatic rings. The molecule has 1 amide bonds. The molecule has 1 unspecified atom stereocenters. The van der Waals surface area contributed by atoms with Gasteiger partial charge in [-0.1, -0.05) is 6.07 Å². The fraction of sp³-hybridized carbons (Fsp3) is 0.417. The molecule has 1 saturated heterocycles. The van der Waals surface area contributed by atoms with E-state index in [2.05, 4.69) is 0 Å². The average Bonchev–Trinajstić information content (AvgIpc) is 2.46. The summed E-state index contributed by atoms with van der Waals surface area (Å²) in [4.78, 5) is 12.9. The van der Waals surface area contributed by atoms with Gasteiger partial charge in [0.2, 0.25) is 0 Å². The van der Waals surface area contributed by atoms with Crippen molar-refractivity contribution in [1.29, 1.82) is 0 Å². The first-order chi connectivity index (χ1) is 7.42. The van der Waals surface area contributed by atoms with Crippen LogP contribution in [0.1, 0.15) is 18.1 Å². The van der Waals surface area contributed by atoms with Crippen LogP contribution in [0.4, 0.5) is 9.18 Å². The molecule has 1 aromatic rings. The van der Waals surface area contributed by atoms with Crippen molar-refractivity contribution in [1.82, 2.24) is 4.90 Å². The molecule has 0 N–H and O–H groups in total. The normalized spacial score (nSPS) is 24.8. The van der Waals surface area contributed by atoms with E-state index >= 15 is 0 Å². The summed E-state index contributed by atoms with van der Waals surface area (Å²) in [6.07, 6.45) is -0.343. The zero-order chi connectivity index (χ0) is 11.9. The maximum atomic E-state index is 13.1. The lowest BCUT2D eigenvalue weighted by Gasteiger charge is -2.22. The Labute approximate surface area is 93.8 Å². The predicted molar refractivity (Wildman–Crippen MR) is 57.6 cm³/mol. The lowest BCUT2D eigenvalue weighted by Crippen LogP contribution is -2.27. The van der Waals surface area contributed by atoms with Gasteiger partial charge in [0.15, 0.2) is 5.60 Å². The summed E-state index contributed by atoms with van der Waals surface area (Å²) in [7, 11) is 1.68. The summed E-state index contributed by atoms with van der Waals surface area (Å²) in [5, 5.41) is 0. The summed E-state index contributed by atoms with van der Waals surface area (Å²) in [5.41, 5.74) is 0.707. The number of cyclic esters (lactones) is 1. The van der Waals surface area contributed by atoms with Crippen molar-refractivity contribution < 1.29 is 13.9 Å². The van der Waals surface area contributed by atoms with Crippen LogP contribution >= 0.6 is 0 Å². The molecule has 0 saturated carbocycles. The Hall–Kier alpha value is -1.58. The number of hydrogen-bond donors (Lipinski definition) is 0. The van der Waals surface area contributed by atoms with Gasteiger partial charge in [-0.15, -0.1) is 0 Å². The number of benzene rings is 1. The molecule has 0 radical (unpaired) electrons. The van der Waals surface area contributed by atoms with E-state index < -0.39 is 5.60 Å². The van der Waals surface area contributed by atoms with Gasteiger partial charge < -0.3 is 9.64 Å². The van der Waals surface area contributed by atoms with E-state index in [1.807, 2.05) is 6.92 Å². The minimum atomic E-state index is -0.676. The largest absolute Gasteiger partial charge is 0.436 e. The third-order valence-corrected chi connectivity index (χ3v) is 2.93. The highest BCUT2D eigenvalue weighted by atomic mass is 19.1. The number of nitrogens with zero attached hydrogens (tertiary/aromatic N) is 1. The monoisotopic (exact) mass is 223 g/mol. The minimum Gasteiger partial charge on any atom is -0.436 e. The van der Waals surface area contributed by atoms with Gasteiger partial charge in [0.05, 0.1) is 6.54 Å². The zero-order valence-electron chi connectivity index (χ0n) is 9.58. The summed E-state index contributed by atoms with van der Waals surface area (Å²) >= 11 is 0. The number of carbonyl (C=O) groups excluding carboxylic acids is 1. The molecule has 86 valence electrons. The Morgan fingerprint density at radius 1 is 1.50 bits per heavy atom. The van der Waals surface area contributed by atoms with Crippen LogP contribution in [0.2, 0.25) is 0 Å². The number of carbonyl (C=O) groups is 1. The lowest BCUT2D eigenvalue weighted by atomic mass is 9.94. The molecular formula is C12H14FNO2. The first-order valence-corrected chi connectivity index (χ1v) is 5.13. The Balaban J connectivity index is 2.37. The number of aryl methyl sites for hydroxylation is 1. The van der Waals surface area contributed by atoms with E-state index in [0.29, 0.717) is 12.1 Å². The van der Waals surface area contributed by atoms with Crippen LogP contribution in [0.3, 0.4) is 0 Å². The zero-order valence-corrected chi connectivity index (χ0v) is 9.58. The fourth-order valence-electron chi connectivity index (χ4n) is 1.94. The molecule has 0 aromatic heterocycles. The molecule has 0 aliphatic carbocycles. The standard InChI is InChI=1S/C12H14FNO2/c1-8-6-9(4-5-10(8)13)12(2)7-14(3)11(15)16-12/h4-6H,7H2,1-3H3. The molecule has 1 atom stereocenters. The molecule has 4 heteroatoms. The van der Waals surface area contributed by atoms with Gasteiger partial charge >= 0.3 is 6.09 Å². The Bertz CT molecular complexity index is 447. The second-order valence-electron chi connectivity index (χ2n) is 4.42. The molecular weight excluding hydrogens is 209 g/mol. The SMILES string of the molecule is Cc1cc(C2(C)CN(C)C(=O)O2)ccc1F. The summed E-state index contributed by atoms with van der Waals surface area (Å²) in [6.45, 7) is 4.01. The highest BCUT2D eigenvalue weighted by Gasteiger charge is 2.41. The van der Waals surface area contributed by atoms with Crippen molar-refractivity contribution >= 4 is 6.09 Å². The number of likely N-dealkylation sites (N-methyl/N-ethyl adjacent to an activating group) is 1. The third kappa shape index (κ3) is 1.64. The Morgan fingerprint density at radius 3 is 2.69 bits per heavy atom. The second kappa shape index (κ2) is 3.47.